The Morgan fingerprint density at radius 3 is 2.55 bits per heavy atom. The Hall–Kier alpha value is -2.68. The van der Waals surface area contributed by atoms with Crippen molar-refractivity contribution in [3.8, 4) is 0 Å². The van der Waals surface area contributed by atoms with Crippen LogP contribution >= 0.6 is 11.6 Å². The van der Waals surface area contributed by atoms with Crippen LogP contribution in [0.15, 0.2) is 65.7 Å². The number of hydrogen-bond acceptors (Lipinski definition) is 4. The second kappa shape index (κ2) is 11.0. The zero-order chi connectivity index (χ0) is 24.0. The quantitative estimate of drug-likeness (QED) is 0.194. The van der Waals surface area contributed by atoms with E-state index in [0.29, 0.717) is 19.5 Å². The molecule has 7 nitrogen and oxygen atoms in total. The summed E-state index contributed by atoms with van der Waals surface area (Å²) in [7, 11) is -3.97. The zero-order valence-corrected chi connectivity index (χ0v) is 20.3. The van der Waals surface area contributed by atoms with Crippen molar-refractivity contribution in [1.82, 2.24) is 8.87 Å². The molecule has 0 aliphatic heterocycles. The van der Waals surface area contributed by atoms with E-state index in [1.807, 2.05) is 48.0 Å². The van der Waals surface area contributed by atoms with E-state index >= 15 is 0 Å². The van der Waals surface area contributed by atoms with Crippen molar-refractivity contribution in [3.63, 3.8) is 0 Å². The average Bonchev–Trinajstić information content (AvgIpc) is 3.21. The van der Waals surface area contributed by atoms with Crippen molar-refractivity contribution in [2.75, 3.05) is 6.54 Å². The normalized spacial score (nSPS) is 11.8. The van der Waals surface area contributed by atoms with Gasteiger partial charge in [0, 0.05) is 31.0 Å². The van der Waals surface area contributed by atoms with E-state index in [1.165, 1.54) is 16.4 Å². The Morgan fingerprint density at radius 1 is 1.09 bits per heavy atom. The van der Waals surface area contributed by atoms with Crippen LogP contribution in [0.3, 0.4) is 0 Å². The minimum Gasteiger partial charge on any atom is -0.346 e. The minimum absolute atomic E-state index is 0.0939. The Kier molecular flexibility index (Phi) is 8.29. The van der Waals surface area contributed by atoms with E-state index in [9.17, 15) is 18.5 Å². The predicted octanol–water partition coefficient (Wildman–Crippen LogP) is 5.79. The summed E-state index contributed by atoms with van der Waals surface area (Å²) in [5, 5.41) is 11.2. The number of sulfonamides is 1. The van der Waals surface area contributed by atoms with Crippen LogP contribution in [0.5, 0.6) is 0 Å². The lowest BCUT2D eigenvalue weighted by atomic mass is 10.1. The fraction of sp³-hybridized carbons (Fsp3) is 0.333. The first-order valence-electron chi connectivity index (χ1n) is 10.9. The van der Waals surface area contributed by atoms with E-state index < -0.39 is 20.6 Å². The van der Waals surface area contributed by atoms with Crippen LogP contribution < -0.4 is 0 Å². The molecule has 0 N–H and O–H groups in total. The monoisotopic (exact) mass is 489 g/mol. The summed E-state index contributed by atoms with van der Waals surface area (Å²) >= 11 is 5.90. The van der Waals surface area contributed by atoms with Gasteiger partial charge in [0.15, 0.2) is 0 Å². The summed E-state index contributed by atoms with van der Waals surface area (Å²) < 4.78 is 30.5. The van der Waals surface area contributed by atoms with Crippen molar-refractivity contribution in [2.24, 2.45) is 0 Å². The molecule has 1 aromatic heterocycles. The van der Waals surface area contributed by atoms with Gasteiger partial charge in [0.1, 0.15) is 5.02 Å². The highest BCUT2D eigenvalue weighted by atomic mass is 35.5. The molecule has 176 valence electrons. The molecule has 1 heterocycles. The van der Waals surface area contributed by atoms with Gasteiger partial charge in [-0.25, -0.2) is 8.42 Å². The van der Waals surface area contributed by atoms with Crippen molar-refractivity contribution in [1.29, 1.82) is 0 Å². The number of benzene rings is 2. The Morgan fingerprint density at radius 2 is 1.85 bits per heavy atom. The number of nitrogens with zero attached hydrogens (tertiary/aromatic N) is 3. The lowest BCUT2D eigenvalue weighted by Gasteiger charge is -2.23. The Balaban J connectivity index is 1.93. The molecule has 2 aromatic carbocycles. The first-order chi connectivity index (χ1) is 15.7. The summed E-state index contributed by atoms with van der Waals surface area (Å²) in [6.07, 6.45) is 4.47. The summed E-state index contributed by atoms with van der Waals surface area (Å²) in [6.45, 7) is 5.22. The van der Waals surface area contributed by atoms with Crippen LogP contribution in [0.4, 0.5) is 5.69 Å². The number of nitro benzene ring substituents is 1. The molecule has 0 fully saturated rings. The molecule has 0 aliphatic carbocycles. The predicted molar refractivity (Wildman–Crippen MR) is 130 cm³/mol. The minimum atomic E-state index is -3.97. The van der Waals surface area contributed by atoms with Crippen LogP contribution in [0.1, 0.15) is 43.0 Å². The SMILES string of the molecule is CCCCCN(Cc1cccn1Cc1ccccc1C)S(=O)(=O)c1ccc(Cl)c([N+](=O)[O-])c1. The summed E-state index contributed by atoms with van der Waals surface area (Å²) in [4.78, 5) is 10.5. The second-order valence-corrected chi connectivity index (χ2v) is 10.3. The molecule has 0 saturated heterocycles. The van der Waals surface area contributed by atoms with Crippen LogP contribution in [0.2, 0.25) is 5.02 Å². The molecule has 0 saturated carbocycles. The highest BCUT2D eigenvalue weighted by Crippen LogP contribution is 2.29. The number of halogens is 1. The topological polar surface area (TPSA) is 85.5 Å². The molecule has 0 radical (unpaired) electrons. The third-order valence-corrected chi connectivity index (χ3v) is 7.79. The smallest absolute Gasteiger partial charge is 0.289 e. The van der Waals surface area contributed by atoms with E-state index in [1.54, 1.807) is 0 Å². The van der Waals surface area contributed by atoms with Gasteiger partial charge in [0.25, 0.3) is 5.69 Å². The summed E-state index contributed by atoms with van der Waals surface area (Å²) in [5.41, 5.74) is 2.75. The molecule has 33 heavy (non-hydrogen) atoms. The van der Waals surface area contributed by atoms with Crippen LogP contribution in [0, 0.1) is 17.0 Å². The van der Waals surface area contributed by atoms with E-state index in [4.69, 9.17) is 11.6 Å². The molecular weight excluding hydrogens is 462 g/mol. The Labute approximate surface area is 199 Å². The van der Waals surface area contributed by atoms with Crippen LogP contribution in [-0.4, -0.2) is 28.8 Å². The summed E-state index contributed by atoms with van der Waals surface area (Å²) in [5.74, 6) is 0. The molecule has 3 aromatic rings. The van der Waals surface area contributed by atoms with Crippen molar-refractivity contribution in [3.05, 3.63) is 92.8 Å². The number of hydrogen-bond donors (Lipinski definition) is 0. The highest BCUT2D eigenvalue weighted by Gasteiger charge is 2.28. The fourth-order valence-corrected chi connectivity index (χ4v) is 5.32. The van der Waals surface area contributed by atoms with E-state index in [0.717, 1.165) is 35.7 Å². The maximum absolute atomic E-state index is 13.5. The van der Waals surface area contributed by atoms with Crippen molar-refractivity contribution >= 4 is 27.3 Å². The third-order valence-electron chi connectivity index (χ3n) is 5.63. The van der Waals surface area contributed by atoms with Gasteiger partial charge in [-0.3, -0.25) is 10.1 Å². The molecule has 9 heteroatoms. The Bertz CT molecular complexity index is 1220. The number of unbranched alkanes of at least 4 members (excludes halogenated alkanes) is 2. The first kappa shape index (κ1) is 25.0. The third kappa shape index (κ3) is 6.01. The van der Waals surface area contributed by atoms with Gasteiger partial charge in [0.05, 0.1) is 16.4 Å². The van der Waals surface area contributed by atoms with Gasteiger partial charge in [-0.2, -0.15) is 4.31 Å². The van der Waals surface area contributed by atoms with Gasteiger partial charge >= 0.3 is 0 Å². The lowest BCUT2D eigenvalue weighted by molar-refractivity contribution is -0.384. The number of rotatable bonds is 11. The van der Waals surface area contributed by atoms with Crippen molar-refractivity contribution < 1.29 is 13.3 Å². The molecule has 3 rings (SSSR count). The molecular formula is C24H28ClN3O4S. The van der Waals surface area contributed by atoms with Gasteiger partial charge in [-0.05, 0) is 48.7 Å². The second-order valence-electron chi connectivity index (χ2n) is 7.97. The molecule has 0 aliphatic rings. The van der Waals surface area contributed by atoms with Crippen LogP contribution in [-0.2, 0) is 23.1 Å². The molecule has 0 atom stereocenters. The lowest BCUT2D eigenvalue weighted by Crippen LogP contribution is -2.32. The zero-order valence-electron chi connectivity index (χ0n) is 18.8. The molecule has 0 bridgehead atoms. The van der Waals surface area contributed by atoms with Gasteiger partial charge in [-0.1, -0.05) is 55.6 Å². The van der Waals surface area contributed by atoms with Gasteiger partial charge < -0.3 is 4.57 Å². The van der Waals surface area contributed by atoms with Gasteiger partial charge in [0.2, 0.25) is 10.0 Å². The maximum atomic E-state index is 13.5. The fourth-order valence-electron chi connectivity index (χ4n) is 3.66. The molecule has 0 amide bonds. The summed E-state index contributed by atoms with van der Waals surface area (Å²) in [6, 6.07) is 15.5. The molecule has 0 unspecified atom stereocenters. The largest absolute Gasteiger partial charge is 0.346 e. The van der Waals surface area contributed by atoms with Crippen LogP contribution in [0.25, 0.3) is 0 Å². The maximum Gasteiger partial charge on any atom is 0.289 e. The van der Waals surface area contributed by atoms with Crippen molar-refractivity contribution in [2.45, 2.75) is 51.1 Å². The molecule has 0 spiro atoms. The van der Waals surface area contributed by atoms with Gasteiger partial charge in [-0.15, -0.1) is 0 Å². The standard InChI is InChI=1S/C24H28ClN3O4S/c1-3-4-7-15-27(33(31,32)22-12-13-23(25)24(16-22)28(29)30)18-21-11-8-14-26(21)17-20-10-6-5-9-19(20)2/h5-6,8-14,16H,3-4,7,15,17-18H2,1-2H3. The average molecular weight is 490 g/mol. The first-order valence-corrected chi connectivity index (χ1v) is 12.7. The van der Waals surface area contributed by atoms with E-state index in [-0.39, 0.29) is 16.5 Å². The number of aryl methyl sites for hydroxylation is 1. The highest BCUT2D eigenvalue weighted by molar-refractivity contribution is 7.89. The van der Waals surface area contributed by atoms with E-state index in [2.05, 4.69) is 13.0 Å². The number of aromatic nitrogens is 1. The number of nitro groups is 1.